The molecule has 3 heterocycles. The lowest BCUT2D eigenvalue weighted by Gasteiger charge is -2.28. The van der Waals surface area contributed by atoms with Crippen LogP contribution >= 0.6 is 11.3 Å². The van der Waals surface area contributed by atoms with Crippen LogP contribution in [0.25, 0.3) is 0 Å². The second-order valence-corrected chi connectivity index (χ2v) is 13.0. The fraction of sp³-hybridized carbons (Fsp3) is 0.455. The maximum Gasteiger partial charge on any atom is 0.271 e. The molecule has 3 aromatic rings. The summed E-state index contributed by atoms with van der Waals surface area (Å²) in [6.07, 6.45) is 3.61. The van der Waals surface area contributed by atoms with Crippen LogP contribution in [0.4, 0.5) is 0 Å². The van der Waals surface area contributed by atoms with Gasteiger partial charge >= 0.3 is 0 Å². The van der Waals surface area contributed by atoms with Crippen LogP contribution in [0.5, 0.6) is 0 Å². The number of carbonyl (C=O) groups excluding carboxylic acids is 5. The van der Waals surface area contributed by atoms with Crippen LogP contribution in [-0.4, -0.2) is 89.1 Å². The quantitative estimate of drug-likeness (QED) is 0.321. The number of furan rings is 1. The summed E-state index contributed by atoms with van der Waals surface area (Å²) in [4.78, 5) is 74.2. The minimum Gasteiger partial charge on any atom is -0.472 e. The van der Waals surface area contributed by atoms with Crippen LogP contribution in [-0.2, 0) is 32.1 Å². The van der Waals surface area contributed by atoms with E-state index < -0.39 is 41.9 Å². The molecular weight excluding hydrogens is 622 g/mol. The van der Waals surface area contributed by atoms with Gasteiger partial charge in [0.2, 0.25) is 23.6 Å². The average Bonchev–Trinajstić information content (AvgIpc) is 3.74. The highest BCUT2D eigenvalue weighted by Crippen LogP contribution is 2.23. The average molecular weight is 666 g/mol. The summed E-state index contributed by atoms with van der Waals surface area (Å²) in [7, 11) is 1.64. The van der Waals surface area contributed by atoms with Gasteiger partial charge in [-0.15, -0.1) is 11.3 Å². The van der Waals surface area contributed by atoms with E-state index in [1.54, 1.807) is 45.7 Å². The van der Waals surface area contributed by atoms with Crippen molar-refractivity contribution in [1.29, 1.82) is 0 Å². The van der Waals surface area contributed by atoms with Crippen molar-refractivity contribution in [3.8, 4) is 0 Å². The number of amides is 5. The van der Waals surface area contributed by atoms with Gasteiger partial charge in [0, 0.05) is 37.6 Å². The highest BCUT2D eigenvalue weighted by molar-refractivity contribution is 7.09. The molecule has 0 unspecified atom stereocenters. The third-order valence-corrected chi connectivity index (χ3v) is 8.83. The number of benzene rings is 1. The summed E-state index contributed by atoms with van der Waals surface area (Å²) in [5.74, 6) is -2.53. The Hall–Kier alpha value is -4.56. The predicted molar refractivity (Wildman–Crippen MR) is 176 cm³/mol. The van der Waals surface area contributed by atoms with E-state index in [1.165, 1.54) is 23.2 Å². The highest BCUT2D eigenvalue weighted by Gasteiger charge is 2.31. The van der Waals surface area contributed by atoms with Gasteiger partial charge < -0.3 is 30.6 Å². The van der Waals surface area contributed by atoms with Gasteiger partial charge in [-0.1, -0.05) is 44.2 Å². The zero-order valence-corrected chi connectivity index (χ0v) is 28.1. The van der Waals surface area contributed by atoms with Crippen LogP contribution in [0.3, 0.4) is 0 Å². The third-order valence-electron chi connectivity index (χ3n) is 7.87. The lowest BCUT2D eigenvalue weighted by molar-refractivity contribution is -0.136. The third kappa shape index (κ3) is 9.96. The fourth-order valence-corrected chi connectivity index (χ4v) is 6.00. The standard InChI is InChI=1S/C33H43N7O6S/c1-20(2)28-31(44)35-22(4)33(45)39(5)12-13-40(16-24-11-14-46-18-24)17-27(41)36-25(15-23-9-7-6-8-10-23)32-37-26(19-47-32)30(43)34-21(3)29(42)38-28/h6-11,14,18-22,25,28H,12-13,15-17H2,1-5H3,(H,34,43)(H,35,44)(H,36,41)(H,38,42)/t21-,22+,25-,28-/m0/s1. The molecule has 13 nitrogen and oxygen atoms in total. The van der Waals surface area contributed by atoms with Gasteiger partial charge in [0.05, 0.1) is 25.1 Å². The molecule has 14 heteroatoms. The van der Waals surface area contributed by atoms with Crippen LogP contribution in [0.15, 0.2) is 58.7 Å². The van der Waals surface area contributed by atoms with E-state index in [2.05, 4.69) is 26.3 Å². The monoisotopic (exact) mass is 665 g/mol. The van der Waals surface area contributed by atoms with Crippen molar-refractivity contribution >= 4 is 40.9 Å². The molecule has 4 rings (SSSR count). The maximum absolute atomic E-state index is 13.6. The second-order valence-electron chi connectivity index (χ2n) is 12.1. The van der Waals surface area contributed by atoms with Gasteiger partial charge in [0.15, 0.2) is 0 Å². The number of thiazole rings is 1. The van der Waals surface area contributed by atoms with Crippen molar-refractivity contribution in [3.05, 3.63) is 76.1 Å². The molecule has 0 spiro atoms. The largest absolute Gasteiger partial charge is 0.472 e. The molecule has 1 aliphatic heterocycles. The smallest absolute Gasteiger partial charge is 0.271 e. The first-order valence-corrected chi connectivity index (χ1v) is 16.5. The van der Waals surface area contributed by atoms with Crippen LogP contribution < -0.4 is 21.3 Å². The molecule has 2 bridgehead atoms. The van der Waals surface area contributed by atoms with E-state index in [9.17, 15) is 24.0 Å². The second kappa shape index (κ2) is 16.3. The Morgan fingerprint density at radius 1 is 0.915 bits per heavy atom. The van der Waals surface area contributed by atoms with Crippen molar-refractivity contribution in [2.24, 2.45) is 5.92 Å². The van der Waals surface area contributed by atoms with Crippen molar-refractivity contribution in [1.82, 2.24) is 36.1 Å². The molecular formula is C33H43N7O6S. The Kier molecular flexibility index (Phi) is 12.3. The Morgan fingerprint density at radius 2 is 1.66 bits per heavy atom. The molecule has 4 N–H and O–H groups in total. The number of fused-ring (bicyclic) bond motifs is 2. The summed E-state index contributed by atoms with van der Waals surface area (Å²) >= 11 is 1.24. The number of nitrogens with one attached hydrogen (secondary N) is 4. The van der Waals surface area contributed by atoms with Crippen molar-refractivity contribution < 1.29 is 28.4 Å². The normalized spacial score (nSPS) is 23.0. The molecule has 0 saturated carbocycles. The number of likely N-dealkylation sites (N-methyl/N-ethyl adjacent to an activating group) is 1. The molecule has 0 fully saturated rings. The summed E-state index contributed by atoms with van der Waals surface area (Å²) in [5.41, 5.74) is 1.95. The zero-order valence-electron chi connectivity index (χ0n) is 27.3. The van der Waals surface area contributed by atoms with E-state index in [0.29, 0.717) is 24.5 Å². The Balaban J connectivity index is 1.64. The first-order valence-electron chi connectivity index (χ1n) is 15.6. The lowest BCUT2D eigenvalue weighted by atomic mass is 10.0. The SMILES string of the molecule is CC(C)[C@@H]1NC(=O)[C@H](C)NC(=O)c2csc(n2)[C@H](Cc2ccccc2)NC(=O)CN(Cc2ccoc2)CCN(C)C(=O)[C@@H](C)NC1=O. The number of rotatable bonds is 5. The van der Waals surface area contributed by atoms with Crippen molar-refractivity contribution in [2.75, 3.05) is 26.7 Å². The topological polar surface area (TPSA) is 166 Å². The number of carbonyl (C=O) groups is 5. The number of hydrogen-bond acceptors (Lipinski definition) is 9. The minimum absolute atomic E-state index is 0.0187. The molecule has 0 saturated heterocycles. The van der Waals surface area contributed by atoms with Crippen molar-refractivity contribution in [2.45, 2.75) is 64.8 Å². The van der Waals surface area contributed by atoms with Gasteiger partial charge in [-0.25, -0.2) is 4.98 Å². The summed E-state index contributed by atoms with van der Waals surface area (Å²) in [6.45, 7) is 7.71. The molecule has 252 valence electrons. The van der Waals surface area contributed by atoms with Crippen LogP contribution in [0.1, 0.15) is 60.4 Å². The zero-order chi connectivity index (χ0) is 34.1. The van der Waals surface area contributed by atoms with Gasteiger partial charge in [0.1, 0.15) is 28.8 Å². The molecule has 2 aromatic heterocycles. The van der Waals surface area contributed by atoms with E-state index in [-0.39, 0.29) is 36.5 Å². The first-order chi connectivity index (χ1) is 22.4. The molecule has 1 aromatic carbocycles. The van der Waals surface area contributed by atoms with Gasteiger partial charge in [-0.05, 0) is 37.8 Å². The molecule has 1 aliphatic rings. The minimum atomic E-state index is -0.984. The number of hydrogen-bond donors (Lipinski definition) is 4. The Morgan fingerprint density at radius 3 is 2.34 bits per heavy atom. The molecule has 0 aliphatic carbocycles. The predicted octanol–water partition coefficient (Wildman–Crippen LogP) is 1.87. The first kappa shape index (κ1) is 35.3. The van der Waals surface area contributed by atoms with Crippen LogP contribution in [0.2, 0.25) is 0 Å². The number of aromatic nitrogens is 1. The summed E-state index contributed by atoms with van der Waals surface area (Å²) in [5, 5.41) is 13.3. The maximum atomic E-state index is 13.6. The van der Waals surface area contributed by atoms with E-state index in [1.807, 2.05) is 41.3 Å². The van der Waals surface area contributed by atoms with Gasteiger partial charge in [0.25, 0.3) is 5.91 Å². The highest BCUT2D eigenvalue weighted by atomic mass is 32.1. The van der Waals surface area contributed by atoms with E-state index >= 15 is 0 Å². The van der Waals surface area contributed by atoms with E-state index in [0.717, 1.165) is 11.1 Å². The summed E-state index contributed by atoms with van der Waals surface area (Å²) < 4.78 is 5.24. The Bertz CT molecular complexity index is 1530. The molecule has 47 heavy (non-hydrogen) atoms. The number of nitrogens with zero attached hydrogens (tertiary/aromatic N) is 3. The molecule has 4 atom stereocenters. The van der Waals surface area contributed by atoms with Crippen molar-refractivity contribution in [3.63, 3.8) is 0 Å². The van der Waals surface area contributed by atoms with Crippen LogP contribution in [0, 0.1) is 5.92 Å². The van der Waals surface area contributed by atoms with Gasteiger partial charge in [-0.3, -0.25) is 28.9 Å². The molecule has 0 radical (unpaired) electrons. The van der Waals surface area contributed by atoms with Gasteiger partial charge in [-0.2, -0.15) is 0 Å². The fourth-order valence-electron chi connectivity index (χ4n) is 5.15. The summed E-state index contributed by atoms with van der Waals surface area (Å²) in [6, 6.07) is 8.13. The Labute approximate surface area is 278 Å². The lowest BCUT2D eigenvalue weighted by Crippen LogP contribution is -2.57. The molecule has 5 amide bonds. The van der Waals surface area contributed by atoms with E-state index in [4.69, 9.17) is 4.42 Å².